The van der Waals surface area contributed by atoms with E-state index < -0.39 is 23.4 Å². The Morgan fingerprint density at radius 2 is 1.80 bits per heavy atom. The van der Waals surface area contributed by atoms with Gasteiger partial charge in [0.2, 0.25) is 5.88 Å². The molecule has 6 heterocycles. The van der Waals surface area contributed by atoms with Crippen molar-refractivity contribution < 1.29 is 36.9 Å². The summed E-state index contributed by atoms with van der Waals surface area (Å²) in [5, 5.41) is 8.14. The highest BCUT2D eigenvalue weighted by Crippen LogP contribution is 2.29. The molecular weight excluding hydrogens is 667 g/mol. The van der Waals surface area contributed by atoms with Gasteiger partial charge in [0.25, 0.3) is 0 Å². The maximum Gasteiger partial charge on any atom is 0.337 e. The fourth-order valence-electron chi connectivity index (χ4n) is 5.93. The Hall–Kier alpha value is -5.67. The van der Waals surface area contributed by atoms with Crippen LogP contribution in [0.3, 0.4) is 0 Å². The van der Waals surface area contributed by atoms with Gasteiger partial charge in [0.05, 0.1) is 67.2 Å². The van der Waals surface area contributed by atoms with Crippen LogP contribution < -0.4 is 4.74 Å². The van der Waals surface area contributed by atoms with Gasteiger partial charge in [-0.3, -0.25) is 4.98 Å². The summed E-state index contributed by atoms with van der Waals surface area (Å²) in [7, 11) is 1.30. The summed E-state index contributed by atoms with van der Waals surface area (Å²) in [4.78, 5) is 25.5. The van der Waals surface area contributed by atoms with E-state index >= 15 is 13.2 Å². The van der Waals surface area contributed by atoms with Crippen LogP contribution in [0.1, 0.15) is 39.8 Å². The molecule has 0 N–H and O–H groups in total. The lowest BCUT2D eigenvalue weighted by molar-refractivity contribution is -0.0589. The number of carbonyl (C=O) groups excluding carboxylic acids is 1. The fourth-order valence-corrected chi connectivity index (χ4v) is 5.93. The zero-order valence-corrected chi connectivity index (χ0v) is 27.3. The Balaban J connectivity index is 0.992. The van der Waals surface area contributed by atoms with Gasteiger partial charge in [0.15, 0.2) is 0 Å². The van der Waals surface area contributed by atoms with Gasteiger partial charge in [0, 0.05) is 42.5 Å². The Morgan fingerprint density at radius 1 is 0.961 bits per heavy atom. The Morgan fingerprint density at radius 3 is 2.55 bits per heavy atom. The van der Waals surface area contributed by atoms with E-state index in [4.69, 9.17) is 18.9 Å². The monoisotopic (exact) mass is 697 g/mol. The molecule has 2 fully saturated rings. The first kappa shape index (κ1) is 32.5. The first-order valence-corrected chi connectivity index (χ1v) is 16.2. The van der Waals surface area contributed by atoms with E-state index in [-0.39, 0.29) is 53.4 Å². The van der Waals surface area contributed by atoms with Crippen LogP contribution in [0.5, 0.6) is 5.88 Å². The van der Waals surface area contributed by atoms with Crippen molar-refractivity contribution in [3.05, 3.63) is 107 Å². The molecule has 2 saturated heterocycles. The SMILES string of the molecule is COC(=O)c1ccc2nc(Cc3cc(F)c(-c4cccc(OCc5cnc(-c6cn(C7COC7)nn6)cc5F)n4)cc3F)n(C[C@@H]3CCO3)c2c1. The highest BCUT2D eigenvalue weighted by Gasteiger charge is 2.25. The zero-order valence-electron chi connectivity index (χ0n) is 27.3. The van der Waals surface area contributed by atoms with Crippen LogP contribution in [0.4, 0.5) is 13.2 Å². The number of benzene rings is 2. The molecule has 8 rings (SSSR count). The molecule has 2 aliphatic heterocycles. The lowest BCUT2D eigenvalue weighted by Gasteiger charge is -2.27. The quantitative estimate of drug-likeness (QED) is 0.161. The van der Waals surface area contributed by atoms with Gasteiger partial charge in [0.1, 0.15) is 41.6 Å². The van der Waals surface area contributed by atoms with Crippen LogP contribution in [0.2, 0.25) is 0 Å². The van der Waals surface area contributed by atoms with E-state index in [1.165, 1.54) is 31.5 Å². The van der Waals surface area contributed by atoms with Crippen LogP contribution in [0.25, 0.3) is 33.7 Å². The van der Waals surface area contributed by atoms with Crippen molar-refractivity contribution in [2.75, 3.05) is 26.9 Å². The molecule has 4 aromatic heterocycles. The maximum atomic E-state index is 15.7. The number of pyridine rings is 2. The minimum atomic E-state index is -0.693. The topological polar surface area (TPSA) is 128 Å². The summed E-state index contributed by atoms with van der Waals surface area (Å²) < 4.78 is 71.3. The summed E-state index contributed by atoms with van der Waals surface area (Å²) in [6, 6.07) is 13.2. The lowest BCUT2D eigenvalue weighted by atomic mass is 10.0. The van der Waals surface area contributed by atoms with Crippen LogP contribution in [-0.2, 0) is 33.8 Å². The smallest absolute Gasteiger partial charge is 0.337 e. The number of methoxy groups -OCH3 is 1. The number of hydrogen-bond donors (Lipinski definition) is 0. The van der Waals surface area contributed by atoms with Gasteiger partial charge in [-0.2, -0.15) is 0 Å². The number of fused-ring (bicyclic) bond motifs is 1. The second-order valence-corrected chi connectivity index (χ2v) is 12.3. The predicted molar refractivity (Wildman–Crippen MR) is 175 cm³/mol. The van der Waals surface area contributed by atoms with E-state index in [0.717, 1.165) is 18.6 Å². The first-order chi connectivity index (χ1) is 24.8. The number of esters is 1. The zero-order chi connectivity index (χ0) is 35.1. The minimum Gasteiger partial charge on any atom is -0.473 e. The molecule has 0 unspecified atom stereocenters. The molecule has 0 bridgehead atoms. The molecule has 6 aromatic rings. The summed E-state index contributed by atoms with van der Waals surface area (Å²) in [6.07, 6.45) is 3.82. The molecule has 0 saturated carbocycles. The molecular formula is C36H30F3N7O5. The molecule has 15 heteroatoms. The van der Waals surface area contributed by atoms with Gasteiger partial charge in [-0.25, -0.2) is 32.6 Å². The minimum absolute atomic E-state index is 0.0131. The van der Waals surface area contributed by atoms with Gasteiger partial charge in [-0.15, -0.1) is 5.10 Å². The maximum absolute atomic E-state index is 15.7. The number of aromatic nitrogens is 7. The van der Waals surface area contributed by atoms with Gasteiger partial charge < -0.3 is 23.5 Å². The van der Waals surface area contributed by atoms with Crippen LogP contribution in [-0.4, -0.2) is 73.5 Å². The second-order valence-electron chi connectivity index (χ2n) is 12.3. The molecule has 260 valence electrons. The van der Waals surface area contributed by atoms with E-state index in [2.05, 4.69) is 25.3 Å². The number of nitrogens with zero attached hydrogens (tertiary/aromatic N) is 7. The highest BCUT2D eigenvalue weighted by atomic mass is 19.1. The van der Waals surface area contributed by atoms with E-state index in [1.807, 2.05) is 4.57 Å². The van der Waals surface area contributed by atoms with E-state index in [1.54, 1.807) is 35.1 Å². The number of carbonyl (C=O) groups is 1. The Bertz CT molecular complexity index is 2270. The summed E-state index contributed by atoms with van der Waals surface area (Å²) in [6.45, 7) is 1.98. The molecule has 0 amide bonds. The van der Waals surface area contributed by atoms with Gasteiger partial charge in [-0.05, 0) is 48.4 Å². The van der Waals surface area contributed by atoms with Crippen molar-refractivity contribution in [2.24, 2.45) is 0 Å². The second kappa shape index (κ2) is 13.6. The Labute approximate surface area is 288 Å². The molecule has 2 aliphatic rings. The molecule has 0 spiro atoms. The lowest BCUT2D eigenvalue weighted by Crippen LogP contribution is -2.31. The van der Waals surface area contributed by atoms with Gasteiger partial charge >= 0.3 is 5.97 Å². The van der Waals surface area contributed by atoms with Crippen molar-refractivity contribution >= 4 is 17.0 Å². The molecule has 51 heavy (non-hydrogen) atoms. The van der Waals surface area contributed by atoms with Gasteiger partial charge in [-0.1, -0.05) is 11.3 Å². The van der Waals surface area contributed by atoms with Crippen LogP contribution in [0.15, 0.2) is 67.0 Å². The number of hydrogen-bond acceptors (Lipinski definition) is 10. The molecule has 0 aliphatic carbocycles. The largest absolute Gasteiger partial charge is 0.473 e. The van der Waals surface area contributed by atoms with E-state index in [0.29, 0.717) is 60.2 Å². The molecule has 0 radical (unpaired) electrons. The fraction of sp³-hybridized carbons (Fsp3) is 0.278. The van der Waals surface area contributed by atoms with Crippen molar-refractivity contribution in [3.8, 4) is 28.5 Å². The third-order valence-electron chi connectivity index (χ3n) is 8.98. The molecule has 1 atom stereocenters. The third-order valence-corrected chi connectivity index (χ3v) is 8.98. The van der Waals surface area contributed by atoms with Crippen molar-refractivity contribution in [1.29, 1.82) is 0 Å². The number of ether oxygens (including phenoxy) is 4. The Kier molecular flexibility index (Phi) is 8.65. The van der Waals surface area contributed by atoms with Crippen LogP contribution >= 0.6 is 0 Å². The van der Waals surface area contributed by atoms with Crippen LogP contribution in [0, 0.1) is 17.5 Å². The predicted octanol–water partition coefficient (Wildman–Crippen LogP) is 5.49. The van der Waals surface area contributed by atoms with E-state index in [9.17, 15) is 4.79 Å². The highest BCUT2D eigenvalue weighted by molar-refractivity contribution is 5.93. The standard InChI is InChI=1S/C36H30F3N7O5/c1-48-36(47)20-5-6-30-33(10-20)45(15-24-7-8-50-24)34(41-30)11-21-9-28(39)25(12-26(21)37)29-3-2-4-35(42-29)51-17-22-14-40-31(13-27(22)38)32-16-46(44-43-32)23-18-49-19-23/h2-6,9-10,12-14,16,23-24H,7-8,11,15,17-19H2,1H3/t24-/m0/s1. The molecule has 2 aromatic carbocycles. The molecule has 12 nitrogen and oxygen atoms in total. The number of imidazole rings is 1. The number of rotatable bonds is 11. The normalized spacial score (nSPS) is 15.8. The van der Waals surface area contributed by atoms with Crippen molar-refractivity contribution in [1.82, 2.24) is 34.5 Å². The first-order valence-electron chi connectivity index (χ1n) is 16.2. The average molecular weight is 698 g/mol. The number of halogens is 3. The summed E-state index contributed by atoms with van der Waals surface area (Å²) in [5.41, 5.74) is 2.69. The summed E-state index contributed by atoms with van der Waals surface area (Å²) in [5.74, 6) is -1.81. The average Bonchev–Trinajstić information content (AvgIpc) is 3.70. The van der Waals surface area contributed by atoms with Crippen molar-refractivity contribution in [2.45, 2.75) is 38.1 Å². The third kappa shape index (κ3) is 6.53. The van der Waals surface area contributed by atoms with Crippen molar-refractivity contribution in [3.63, 3.8) is 0 Å². The summed E-state index contributed by atoms with van der Waals surface area (Å²) >= 11 is 0.